The lowest BCUT2D eigenvalue weighted by Gasteiger charge is -2.26. The molecule has 0 aliphatic heterocycles. The van der Waals surface area contributed by atoms with Crippen LogP contribution in [0.25, 0.3) is 0 Å². The quantitative estimate of drug-likeness (QED) is 0.601. The molecule has 1 aliphatic rings. The molecule has 5 nitrogen and oxygen atoms in total. The van der Waals surface area contributed by atoms with Gasteiger partial charge in [-0.1, -0.05) is 18.2 Å². The van der Waals surface area contributed by atoms with Gasteiger partial charge in [0.05, 0.1) is 4.92 Å². The van der Waals surface area contributed by atoms with Gasteiger partial charge in [-0.15, -0.1) is 0 Å². The molecule has 1 aliphatic carbocycles. The van der Waals surface area contributed by atoms with Crippen molar-refractivity contribution in [2.45, 2.75) is 25.3 Å². The zero-order valence-corrected chi connectivity index (χ0v) is 11.3. The summed E-state index contributed by atoms with van der Waals surface area (Å²) in [4.78, 5) is 12.9. The lowest BCUT2D eigenvalue weighted by molar-refractivity contribution is -0.385. The van der Waals surface area contributed by atoms with Crippen molar-refractivity contribution >= 4 is 5.69 Å². The van der Waals surface area contributed by atoms with E-state index in [0.29, 0.717) is 19.0 Å². The highest BCUT2D eigenvalue weighted by atomic mass is 16.6. The number of nitrogens with zero attached hydrogens (tertiary/aromatic N) is 2. The van der Waals surface area contributed by atoms with Gasteiger partial charge in [0.25, 0.3) is 5.69 Å². The van der Waals surface area contributed by atoms with E-state index in [2.05, 4.69) is 11.9 Å². The summed E-state index contributed by atoms with van der Waals surface area (Å²) in [6, 6.07) is 7.38. The van der Waals surface area contributed by atoms with Crippen molar-refractivity contribution in [3.8, 4) is 0 Å². The zero-order chi connectivity index (χ0) is 13.8. The van der Waals surface area contributed by atoms with E-state index >= 15 is 0 Å². The van der Waals surface area contributed by atoms with Gasteiger partial charge in [0, 0.05) is 30.8 Å². The summed E-state index contributed by atoms with van der Waals surface area (Å²) < 4.78 is 0. The minimum Gasteiger partial charge on any atom is -0.329 e. The molecule has 0 heterocycles. The molecule has 0 bridgehead atoms. The fourth-order valence-electron chi connectivity index (χ4n) is 2.58. The van der Waals surface area contributed by atoms with Crippen LogP contribution in [-0.4, -0.2) is 36.0 Å². The lowest BCUT2D eigenvalue weighted by atomic mass is 10.1. The molecule has 1 aromatic rings. The Morgan fingerprint density at radius 1 is 1.47 bits per heavy atom. The molecule has 1 saturated carbocycles. The van der Waals surface area contributed by atoms with Crippen LogP contribution in [0.3, 0.4) is 0 Å². The number of nitrogens with two attached hydrogens (primary N) is 1. The molecule has 19 heavy (non-hydrogen) atoms. The van der Waals surface area contributed by atoms with E-state index in [1.165, 1.54) is 12.8 Å². The van der Waals surface area contributed by atoms with E-state index in [1.54, 1.807) is 12.1 Å². The van der Waals surface area contributed by atoms with Gasteiger partial charge in [0.15, 0.2) is 0 Å². The maximum absolute atomic E-state index is 10.9. The van der Waals surface area contributed by atoms with Gasteiger partial charge in [-0.05, 0) is 32.2 Å². The Morgan fingerprint density at radius 2 is 2.16 bits per heavy atom. The summed E-state index contributed by atoms with van der Waals surface area (Å²) in [5, 5.41) is 10.9. The maximum Gasteiger partial charge on any atom is 0.272 e. The monoisotopic (exact) mass is 263 g/mol. The number of likely N-dealkylation sites (N-methyl/N-ethyl adjacent to an activating group) is 1. The van der Waals surface area contributed by atoms with Crippen LogP contribution in [0.5, 0.6) is 0 Å². The number of hydrogen-bond acceptors (Lipinski definition) is 4. The summed E-state index contributed by atoms with van der Waals surface area (Å²) in [6.45, 7) is 1.47. The molecule has 2 rings (SSSR count). The highest BCUT2D eigenvalue weighted by Gasteiger charge is 2.32. The van der Waals surface area contributed by atoms with Crippen molar-refractivity contribution in [3.05, 3.63) is 39.9 Å². The molecule has 0 amide bonds. The van der Waals surface area contributed by atoms with Crippen LogP contribution in [0.1, 0.15) is 18.4 Å². The molecule has 1 aromatic carbocycles. The van der Waals surface area contributed by atoms with Crippen molar-refractivity contribution in [3.63, 3.8) is 0 Å². The molecule has 0 radical (unpaired) electrons. The molecule has 5 heteroatoms. The van der Waals surface area contributed by atoms with Gasteiger partial charge in [0.2, 0.25) is 0 Å². The Morgan fingerprint density at radius 3 is 2.74 bits per heavy atom. The van der Waals surface area contributed by atoms with E-state index in [4.69, 9.17) is 5.73 Å². The van der Waals surface area contributed by atoms with Gasteiger partial charge >= 0.3 is 0 Å². The highest BCUT2D eigenvalue weighted by molar-refractivity contribution is 5.39. The second kappa shape index (κ2) is 6.12. The minimum atomic E-state index is -0.309. The Labute approximate surface area is 113 Å². The highest BCUT2D eigenvalue weighted by Crippen LogP contribution is 2.34. The fourth-order valence-corrected chi connectivity index (χ4v) is 2.58. The third kappa shape index (κ3) is 3.52. The fraction of sp³-hybridized carbons (Fsp3) is 0.571. The number of nitro groups is 1. The van der Waals surface area contributed by atoms with E-state index in [9.17, 15) is 10.1 Å². The number of rotatable bonds is 7. The van der Waals surface area contributed by atoms with E-state index < -0.39 is 0 Å². The van der Waals surface area contributed by atoms with Crippen LogP contribution in [0.15, 0.2) is 24.3 Å². The SMILES string of the molecule is CN(CCc1ccccc1[N+](=O)[O-])C(CN)C1CC1. The molecule has 0 spiro atoms. The van der Waals surface area contributed by atoms with Gasteiger partial charge in [-0.25, -0.2) is 0 Å². The maximum atomic E-state index is 10.9. The standard InChI is InChI=1S/C14H21N3O2/c1-16(14(10-15)12-6-7-12)9-8-11-4-2-3-5-13(11)17(18)19/h2-5,12,14H,6-10,15H2,1H3. The molecule has 1 unspecified atom stereocenters. The molecule has 2 N–H and O–H groups in total. The Kier molecular flexibility index (Phi) is 4.50. The number of para-hydroxylation sites is 1. The Bertz CT molecular complexity index is 446. The summed E-state index contributed by atoms with van der Waals surface area (Å²) in [5.41, 5.74) is 6.82. The molecule has 0 saturated heterocycles. The van der Waals surface area contributed by atoms with Crippen LogP contribution in [0.4, 0.5) is 5.69 Å². The van der Waals surface area contributed by atoms with Crippen molar-refractivity contribution in [2.75, 3.05) is 20.1 Å². The van der Waals surface area contributed by atoms with Crippen molar-refractivity contribution < 1.29 is 4.92 Å². The van der Waals surface area contributed by atoms with Gasteiger partial charge in [-0.3, -0.25) is 10.1 Å². The first-order valence-corrected chi connectivity index (χ1v) is 6.76. The molecular formula is C14H21N3O2. The Hall–Kier alpha value is -1.46. The molecular weight excluding hydrogens is 242 g/mol. The molecule has 1 fully saturated rings. The summed E-state index contributed by atoms with van der Waals surface area (Å²) in [6.07, 6.45) is 3.21. The molecule has 0 aromatic heterocycles. The second-order valence-electron chi connectivity index (χ2n) is 5.26. The third-order valence-corrected chi connectivity index (χ3v) is 3.90. The Balaban J connectivity index is 1.96. The number of benzene rings is 1. The molecule has 1 atom stereocenters. The summed E-state index contributed by atoms with van der Waals surface area (Å²) >= 11 is 0. The van der Waals surface area contributed by atoms with Crippen LogP contribution in [0, 0.1) is 16.0 Å². The van der Waals surface area contributed by atoms with Crippen molar-refractivity contribution in [1.82, 2.24) is 4.90 Å². The predicted molar refractivity (Wildman–Crippen MR) is 75.0 cm³/mol. The van der Waals surface area contributed by atoms with Gasteiger partial charge in [0.1, 0.15) is 0 Å². The summed E-state index contributed by atoms with van der Waals surface area (Å²) in [5.74, 6) is 0.723. The first-order chi connectivity index (χ1) is 9.13. The van der Waals surface area contributed by atoms with E-state index in [0.717, 1.165) is 18.0 Å². The average molecular weight is 263 g/mol. The van der Waals surface area contributed by atoms with E-state index in [1.807, 2.05) is 12.1 Å². The van der Waals surface area contributed by atoms with Crippen LogP contribution >= 0.6 is 0 Å². The topological polar surface area (TPSA) is 72.4 Å². The van der Waals surface area contributed by atoms with Gasteiger partial charge < -0.3 is 10.6 Å². The number of nitro benzene ring substituents is 1. The summed E-state index contributed by atoms with van der Waals surface area (Å²) in [7, 11) is 2.06. The number of hydrogen-bond donors (Lipinski definition) is 1. The second-order valence-corrected chi connectivity index (χ2v) is 5.26. The van der Waals surface area contributed by atoms with Crippen LogP contribution in [-0.2, 0) is 6.42 Å². The van der Waals surface area contributed by atoms with Crippen LogP contribution < -0.4 is 5.73 Å². The zero-order valence-electron chi connectivity index (χ0n) is 11.3. The average Bonchev–Trinajstić information content (AvgIpc) is 3.22. The normalized spacial score (nSPS) is 16.6. The van der Waals surface area contributed by atoms with Gasteiger partial charge in [-0.2, -0.15) is 0 Å². The van der Waals surface area contributed by atoms with Crippen molar-refractivity contribution in [2.24, 2.45) is 11.7 Å². The minimum absolute atomic E-state index is 0.214. The first kappa shape index (κ1) is 14.0. The molecule has 104 valence electrons. The lowest BCUT2D eigenvalue weighted by Crippen LogP contribution is -2.40. The largest absolute Gasteiger partial charge is 0.329 e. The first-order valence-electron chi connectivity index (χ1n) is 6.76. The predicted octanol–water partition coefficient (Wildman–Crippen LogP) is 1.81. The van der Waals surface area contributed by atoms with Crippen LogP contribution in [0.2, 0.25) is 0 Å². The smallest absolute Gasteiger partial charge is 0.272 e. The van der Waals surface area contributed by atoms with E-state index in [-0.39, 0.29) is 10.6 Å². The van der Waals surface area contributed by atoms with Crippen molar-refractivity contribution in [1.29, 1.82) is 0 Å². The third-order valence-electron chi connectivity index (χ3n) is 3.90.